The van der Waals surface area contributed by atoms with Crippen LogP contribution in [0.1, 0.15) is 26.6 Å². The summed E-state index contributed by atoms with van der Waals surface area (Å²) in [6.07, 6.45) is 2.25. The molecule has 0 aliphatic heterocycles. The Morgan fingerprint density at radius 1 is 1.15 bits per heavy atom. The van der Waals surface area contributed by atoms with E-state index in [0.717, 1.165) is 34.8 Å². The molecule has 0 saturated carbocycles. The molecule has 6 nitrogen and oxygen atoms in total. The SMILES string of the molecule is C=CCn1c(C)cc(-c2csc(NC(=O)[C@@H](Cc3ccccc3)NC(=O)c3cccs3)n2)c1C. The highest BCUT2D eigenvalue weighted by Crippen LogP contribution is 2.30. The van der Waals surface area contributed by atoms with Gasteiger partial charge in [0.2, 0.25) is 5.91 Å². The fourth-order valence-electron chi connectivity index (χ4n) is 3.81. The van der Waals surface area contributed by atoms with Crippen LogP contribution in [0.5, 0.6) is 0 Å². The summed E-state index contributed by atoms with van der Waals surface area (Å²) in [6, 6.07) is 14.6. The highest BCUT2D eigenvalue weighted by atomic mass is 32.1. The Balaban J connectivity index is 1.52. The molecule has 0 fully saturated rings. The van der Waals surface area contributed by atoms with E-state index in [4.69, 9.17) is 0 Å². The second-order valence-electron chi connectivity index (χ2n) is 7.90. The highest BCUT2D eigenvalue weighted by Gasteiger charge is 2.24. The number of amides is 2. The summed E-state index contributed by atoms with van der Waals surface area (Å²) in [4.78, 5) is 31.1. The Bertz CT molecular complexity index is 1290. The molecule has 0 spiro atoms. The molecule has 0 radical (unpaired) electrons. The van der Waals surface area contributed by atoms with Crippen molar-refractivity contribution in [2.45, 2.75) is 32.9 Å². The van der Waals surface area contributed by atoms with Crippen molar-refractivity contribution >= 4 is 39.6 Å². The predicted molar refractivity (Wildman–Crippen MR) is 140 cm³/mol. The number of thiophene rings is 1. The minimum absolute atomic E-state index is 0.263. The molecule has 2 amide bonds. The molecule has 0 saturated heterocycles. The van der Waals surface area contributed by atoms with E-state index in [1.54, 1.807) is 6.07 Å². The van der Waals surface area contributed by atoms with Crippen molar-refractivity contribution in [3.05, 3.63) is 93.8 Å². The number of carbonyl (C=O) groups is 2. The van der Waals surface area contributed by atoms with E-state index >= 15 is 0 Å². The first-order valence-corrected chi connectivity index (χ1v) is 12.6. The largest absolute Gasteiger partial charge is 0.345 e. The minimum atomic E-state index is -0.734. The number of nitrogens with one attached hydrogen (secondary N) is 2. The van der Waals surface area contributed by atoms with E-state index in [-0.39, 0.29) is 11.8 Å². The van der Waals surface area contributed by atoms with Gasteiger partial charge in [0.15, 0.2) is 5.13 Å². The van der Waals surface area contributed by atoms with Gasteiger partial charge in [0.25, 0.3) is 5.91 Å². The number of hydrogen-bond acceptors (Lipinski definition) is 5. The summed E-state index contributed by atoms with van der Waals surface area (Å²) in [5.74, 6) is -0.563. The van der Waals surface area contributed by atoms with Crippen LogP contribution in [0.3, 0.4) is 0 Å². The van der Waals surface area contributed by atoms with Gasteiger partial charge in [0, 0.05) is 35.3 Å². The first-order valence-electron chi connectivity index (χ1n) is 10.9. The first-order chi connectivity index (χ1) is 16.5. The van der Waals surface area contributed by atoms with Crippen LogP contribution in [0, 0.1) is 13.8 Å². The molecule has 1 aromatic carbocycles. The number of aryl methyl sites for hydroxylation is 1. The number of benzene rings is 1. The van der Waals surface area contributed by atoms with Gasteiger partial charge in [-0.15, -0.1) is 29.3 Å². The maximum absolute atomic E-state index is 13.2. The smallest absolute Gasteiger partial charge is 0.262 e. The summed E-state index contributed by atoms with van der Waals surface area (Å²) in [5.41, 5.74) is 5.04. The third-order valence-corrected chi connectivity index (χ3v) is 7.17. The van der Waals surface area contributed by atoms with Gasteiger partial charge >= 0.3 is 0 Å². The van der Waals surface area contributed by atoms with Crippen LogP contribution < -0.4 is 10.6 Å². The van der Waals surface area contributed by atoms with Crippen molar-refractivity contribution in [2.24, 2.45) is 0 Å². The predicted octanol–water partition coefficient (Wildman–Crippen LogP) is 5.46. The zero-order chi connectivity index (χ0) is 24.1. The molecule has 8 heteroatoms. The monoisotopic (exact) mass is 490 g/mol. The molecular weight excluding hydrogens is 464 g/mol. The van der Waals surface area contributed by atoms with Crippen LogP contribution in [0.4, 0.5) is 5.13 Å². The van der Waals surface area contributed by atoms with Crippen molar-refractivity contribution in [3.63, 3.8) is 0 Å². The lowest BCUT2D eigenvalue weighted by atomic mass is 10.1. The number of nitrogens with zero attached hydrogens (tertiary/aromatic N) is 2. The molecule has 34 heavy (non-hydrogen) atoms. The fraction of sp³-hybridized carbons (Fsp3) is 0.192. The zero-order valence-electron chi connectivity index (χ0n) is 19.1. The van der Waals surface area contributed by atoms with Crippen LogP contribution in [0.2, 0.25) is 0 Å². The quantitative estimate of drug-likeness (QED) is 0.306. The number of thiazole rings is 1. The lowest BCUT2D eigenvalue weighted by Crippen LogP contribution is -2.45. The van der Waals surface area contributed by atoms with Crippen LogP contribution in [-0.2, 0) is 17.8 Å². The summed E-state index contributed by atoms with van der Waals surface area (Å²) in [5, 5.41) is 10.1. The number of anilines is 1. The van der Waals surface area contributed by atoms with Gasteiger partial charge in [0.1, 0.15) is 6.04 Å². The second-order valence-corrected chi connectivity index (χ2v) is 9.71. The van der Waals surface area contributed by atoms with Crippen molar-refractivity contribution in [2.75, 3.05) is 5.32 Å². The molecule has 3 heterocycles. The van der Waals surface area contributed by atoms with Gasteiger partial charge in [0.05, 0.1) is 10.6 Å². The van der Waals surface area contributed by atoms with Crippen molar-refractivity contribution in [1.29, 1.82) is 0 Å². The summed E-state index contributed by atoms with van der Waals surface area (Å²) in [6.45, 7) is 8.67. The van der Waals surface area contributed by atoms with Crippen molar-refractivity contribution < 1.29 is 9.59 Å². The van der Waals surface area contributed by atoms with Crippen LogP contribution in [0.25, 0.3) is 11.3 Å². The third kappa shape index (κ3) is 5.35. The van der Waals surface area contributed by atoms with Crippen LogP contribution in [0.15, 0.2) is 71.9 Å². The number of hydrogen-bond donors (Lipinski definition) is 2. The summed E-state index contributed by atoms with van der Waals surface area (Å²) < 4.78 is 2.18. The zero-order valence-corrected chi connectivity index (χ0v) is 20.7. The molecule has 0 unspecified atom stereocenters. The molecule has 4 aromatic rings. The molecule has 0 aliphatic rings. The van der Waals surface area contributed by atoms with E-state index in [2.05, 4.69) is 46.7 Å². The molecular formula is C26H26N4O2S2. The van der Waals surface area contributed by atoms with E-state index in [9.17, 15) is 9.59 Å². The average molecular weight is 491 g/mol. The van der Waals surface area contributed by atoms with E-state index in [1.165, 1.54) is 22.7 Å². The average Bonchev–Trinajstić information content (AvgIpc) is 3.58. The Labute approximate surface area is 207 Å². The standard InChI is InChI=1S/C26H26N4O2S2/c1-4-12-30-17(2)14-20(18(30)3)22-16-34-26(28-22)29-24(31)21(15-19-9-6-5-7-10-19)27-25(32)23-11-8-13-33-23/h4-11,13-14,16,21H,1,12,15H2,2-3H3,(H,27,32)(H,28,29,31)/t21-/m1/s1. The van der Waals surface area contributed by atoms with Crippen LogP contribution >= 0.6 is 22.7 Å². The van der Waals surface area contributed by atoms with Crippen molar-refractivity contribution in [1.82, 2.24) is 14.9 Å². The first kappa shape index (κ1) is 23.7. The van der Waals surface area contributed by atoms with E-state index in [0.29, 0.717) is 16.4 Å². The Hall–Kier alpha value is -3.49. The molecule has 174 valence electrons. The lowest BCUT2D eigenvalue weighted by Gasteiger charge is -2.17. The Morgan fingerprint density at radius 2 is 1.94 bits per heavy atom. The normalized spacial score (nSPS) is 11.7. The van der Waals surface area contributed by atoms with Gasteiger partial charge in [-0.1, -0.05) is 42.5 Å². The molecule has 2 N–H and O–H groups in total. The maximum atomic E-state index is 13.2. The topological polar surface area (TPSA) is 76.0 Å². The fourth-order valence-corrected chi connectivity index (χ4v) is 5.15. The summed E-state index contributed by atoms with van der Waals surface area (Å²) >= 11 is 2.71. The van der Waals surface area contributed by atoms with Gasteiger partial charge < -0.3 is 15.2 Å². The van der Waals surface area contributed by atoms with Gasteiger partial charge in [-0.2, -0.15) is 0 Å². The number of carbonyl (C=O) groups excluding carboxylic acids is 2. The van der Waals surface area contributed by atoms with Crippen LogP contribution in [-0.4, -0.2) is 27.4 Å². The van der Waals surface area contributed by atoms with Gasteiger partial charge in [-0.25, -0.2) is 4.98 Å². The molecule has 4 rings (SSSR count). The summed E-state index contributed by atoms with van der Waals surface area (Å²) in [7, 11) is 0. The number of aromatic nitrogens is 2. The highest BCUT2D eigenvalue weighted by molar-refractivity contribution is 7.14. The molecule has 0 aliphatic carbocycles. The Morgan fingerprint density at radius 3 is 2.65 bits per heavy atom. The lowest BCUT2D eigenvalue weighted by molar-refractivity contribution is -0.118. The van der Waals surface area contributed by atoms with E-state index < -0.39 is 6.04 Å². The number of allylic oxidation sites excluding steroid dienone is 1. The minimum Gasteiger partial charge on any atom is -0.345 e. The van der Waals surface area contributed by atoms with Gasteiger partial charge in [-0.05, 0) is 36.9 Å². The second kappa shape index (κ2) is 10.6. The van der Waals surface area contributed by atoms with E-state index in [1.807, 2.05) is 53.2 Å². The number of rotatable bonds is 9. The maximum Gasteiger partial charge on any atom is 0.262 e. The third-order valence-electron chi connectivity index (χ3n) is 5.55. The van der Waals surface area contributed by atoms with Gasteiger partial charge in [-0.3, -0.25) is 9.59 Å². The molecule has 1 atom stereocenters. The molecule has 0 bridgehead atoms. The molecule has 3 aromatic heterocycles. The Kier molecular flexibility index (Phi) is 7.40. The van der Waals surface area contributed by atoms with Crippen molar-refractivity contribution in [3.8, 4) is 11.3 Å².